The van der Waals surface area contributed by atoms with Crippen molar-refractivity contribution in [3.8, 4) is 28.5 Å². The number of aromatic nitrogens is 1. The van der Waals surface area contributed by atoms with Crippen LogP contribution in [0.2, 0.25) is 0 Å². The largest absolute Gasteiger partial charge is 0.504 e. The summed E-state index contributed by atoms with van der Waals surface area (Å²) in [6.07, 6.45) is 7.77. The number of benzene rings is 2. The van der Waals surface area contributed by atoms with Crippen LogP contribution in [0.3, 0.4) is 0 Å². The molecule has 7 heteroatoms. The molecule has 0 radical (unpaired) electrons. The van der Waals surface area contributed by atoms with Crippen molar-refractivity contribution >= 4 is 17.6 Å². The zero-order chi connectivity index (χ0) is 21.6. The first-order chi connectivity index (χ1) is 15.2. The summed E-state index contributed by atoms with van der Waals surface area (Å²) in [4.78, 5) is 5.91. The first kappa shape index (κ1) is 21.2. The molecule has 0 spiro atoms. The molecule has 0 unspecified atom stereocenters. The molecule has 1 N–H and O–H groups in total. The van der Waals surface area contributed by atoms with Crippen molar-refractivity contribution in [2.24, 2.45) is 10.1 Å². The Morgan fingerprint density at radius 3 is 2.58 bits per heavy atom. The maximum atomic E-state index is 9.86. The molecule has 2 aromatic carbocycles. The summed E-state index contributed by atoms with van der Waals surface area (Å²) in [6.45, 7) is 0. The molecule has 0 aliphatic heterocycles. The van der Waals surface area contributed by atoms with E-state index in [1.807, 2.05) is 28.9 Å². The molecule has 0 saturated heterocycles. The average Bonchev–Trinajstić information content (AvgIpc) is 3.21. The van der Waals surface area contributed by atoms with Crippen LogP contribution < -0.4 is 14.3 Å². The molecular weight excluding hydrogens is 410 g/mol. The van der Waals surface area contributed by atoms with Gasteiger partial charge in [0.05, 0.1) is 32.2 Å². The summed E-state index contributed by atoms with van der Waals surface area (Å²) in [6, 6.07) is 13.4. The number of thiazole rings is 1. The number of methoxy groups -OCH3 is 2. The normalized spacial score (nSPS) is 15.5. The van der Waals surface area contributed by atoms with Gasteiger partial charge in [0.1, 0.15) is 5.75 Å². The lowest BCUT2D eigenvalue weighted by atomic mass is 9.96. The molecule has 1 aliphatic carbocycles. The van der Waals surface area contributed by atoms with Crippen LogP contribution in [0.4, 0.5) is 0 Å². The van der Waals surface area contributed by atoms with E-state index in [0.29, 0.717) is 11.8 Å². The highest BCUT2D eigenvalue weighted by Crippen LogP contribution is 2.30. The molecule has 0 amide bonds. The third-order valence-corrected chi connectivity index (χ3v) is 6.29. The quantitative estimate of drug-likeness (QED) is 0.549. The van der Waals surface area contributed by atoms with Gasteiger partial charge in [0, 0.05) is 10.9 Å². The summed E-state index contributed by atoms with van der Waals surface area (Å²) in [7, 11) is 3.21. The zero-order valence-electron chi connectivity index (χ0n) is 17.8. The molecule has 3 aromatic rings. The number of phenolic OH excluding ortho intramolecular Hbond substituents is 1. The fourth-order valence-corrected chi connectivity index (χ4v) is 4.71. The maximum Gasteiger partial charge on any atom is 0.206 e. The molecule has 31 heavy (non-hydrogen) atoms. The molecule has 1 aliphatic rings. The maximum absolute atomic E-state index is 9.86. The minimum Gasteiger partial charge on any atom is -0.504 e. The Hall–Kier alpha value is -3.06. The van der Waals surface area contributed by atoms with Gasteiger partial charge in [-0.15, -0.1) is 11.3 Å². The van der Waals surface area contributed by atoms with E-state index >= 15 is 0 Å². The number of ether oxygens (including phenoxy) is 2. The van der Waals surface area contributed by atoms with Gasteiger partial charge in [-0.2, -0.15) is 5.10 Å². The lowest BCUT2D eigenvalue weighted by Crippen LogP contribution is -2.19. The number of hydrogen-bond acceptors (Lipinski definition) is 6. The minimum atomic E-state index is 0.102. The molecule has 6 nitrogen and oxygen atoms in total. The Morgan fingerprint density at radius 1 is 1.03 bits per heavy atom. The standard InChI is InChI=1S/C24H27N3O3S/c1-29-22-11-7-6-10-19(22)20-16-31-24(26-18-8-4-3-5-9-18)27(20)25-15-17-12-13-21(28)23(14-17)30-2/h6-7,10-16,18,28H,3-5,8-9H2,1-2H3. The Labute approximate surface area is 186 Å². The van der Waals surface area contributed by atoms with E-state index < -0.39 is 0 Å². The first-order valence-electron chi connectivity index (χ1n) is 10.5. The molecule has 4 rings (SSSR count). The molecule has 0 bridgehead atoms. The van der Waals surface area contributed by atoms with E-state index in [9.17, 15) is 5.11 Å². The SMILES string of the molecule is COc1cc(C=Nn2c(-c3ccccc3OC)csc2=NC2CCCCC2)ccc1O. The summed E-state index contributed by atoms with van der Waals surface area (Å²) >= 11 is 1.59. The van der Waals surface area contributed by atoms with Crippen LogP contribution in [0.15, 0.2) is 57.9 Å². The Kier molecular flexibility index (Phi) is 6.72. The minimum absolute atomic E-state index is 0.102. The van der Waals surface area contributed by atoms with Crippen molar-refractivity contribution in [2.45, 2.75) is 38.1 Å². The first-order valence-corrected chi connectivity index (χ1v) is 11.4. The van der Waals surface area contributed by atoms with Crippen molar-refractivity contribution in [1.29, 1.82) is 0 Å². The van der Waals surface area contributed by atoms with Crippen molar-refractivity contribution in [2.75, 3.05) is 14.2 Å². The van der Waals surface area contributed by atoms with Gasteiger partial charge in [-0.25, -0.2) is 4.68 Å². The molecule has 1 fully saturated rings. The van der Waals surface area contributed by atoms with E-state index in [2.05, 4.69) is 5.38 Å². The second-order valence-electron chi connectivity index (χ2n) is 7.51. The van der Waals surface area contributed by atoms with Crippen LogP contribution in [0.1, 0.15) is 37.7 Å². The summed E-state index contributed by atoms with van der Waals surface area (Å²) in [5.41, 5.74) is 2.72. The average molecular weight is 438 g/mol. The van der Waals surface area contributed by atoms with Crippen LogP contribution in [0, 0.1) is 0 Å². The predicted molar refractivity (Wildman–Crippen MR) is 124 cm³/mol. The molecule has 1 aromatic heterocycles. The molecule has 0 atom stereocenters. The highest BCUT2D eigenvalue weighted by Gasteiger charge is 2.15. The molecule has 162 valence electrons. The van der Waals surface area contributed by atoms with E-state index in [1.54, 1.807) is 42.9 Å². The zero-order valence-corrected chi connectivity index (χ0v) is 18.6. The summed E-state index contributed by atoms with van der Waals surface area (Å²) < 4.78 is 12.7. The summed E-state index contributed by atoms with van der Waals surface area (Å²) in [5.74, 6) is 1.31. The van der Waals surface area contributed by atoms with E-state index in [-0.39, 0.29) is 5.75 Å². The van der Waals surface area contributed by atoms with Crippen molar-refractivity contribution < 1.29 is 14.6 Å². The van der Waals surface area contributed by atoms with Crippen molar-refractivity contribution in [1.82, 2.24) is 4.68 Å². The summed E-state index contributed by atoms with van der Waals surface area (Å²) in [5, 5.41) is 16.7. The van der Waals surface area contributed by atoms with Gasteiger partial charge in [0.15, 0.2) is 11.5 Å². The highest BCUT2D eigenvalue weighted by molar-refractivity contribution is 7.07. The fourth-order valence-electron chi connectivity index (χ4n) is 3.81. The fraction of sp³-hybridized carbons (Fsp3) is 0.333. The number of nitrogens with zero attached hydrogens (tertiary/aromatic N) is 3. The van der Waals surface area contributed by atoms with Crippen LogP contribution in [0.5, 0.6) is 17.2 Å². The van der Waals surface area contributed by atoms with Crippen molar-refractivity contribution in [3.05, 3.63) is 58.2 Å². The smallest absolute Gasteiger partial charge is 0.206 e. The predicted octanol–water partition coefficient (Wildman–Crippen LogP) is 5.06. The van der Waals surface area contributed by atoms with Crippen LogP contribution in [-0.2, 0) is 0 Å². The van der Waals surface area contributed by atoms with E-state index in [0.717, 1.165) is 40.2 Å². The van der Waals surface area contributed by atoms with E-state index in [1.165, 1.54) is 26.4 Å². The van der Waals surface area contributed by atoms with Gasteiger partial charge in [-0.05, 0) is 48.7 Å². The van der Waals surface area contributed by atoms with Gasteiger partial charge < -0.3 is 14.6 Å². The third-order valence-electron chi connectivity index (χ3n) is 5.46. The van der Waals surface area contributed by atoms with Gasteiger partial charge >= 0.3 is 0 Å². The lowest BCUT2D eigenvalue weighted by molar-refractivity contribution is 0.373. The van der Waals surface area contributed by atoms with Crippen LogP contribution in [0.25, 0.3) is 11.3 Å². The molecule has 1 heterocycles. The van der Waals surface area contributed by atoms with Gasteiger partial charge in [0.25, 0.3) is 0 Å². The van der Waals surface area contributed by atoms with Gasteiger partial charge in [-0.3, -0.25) is 4.99 Å². The molecule has 1 saturated carbocycles. The van der Waals surface area contributed by atoms with Crippen molar-refractivity contribution in [3.63, 3.8) is 0 Å². The topological polar surface area (TPSA) is 68.3 Å². The second-order valence-corrected chi connectivity index (χ2v) is 8.35. The van der Waals surface area contributed by atoms with Gasteiger partial charge in [0.2, 0.25) is 4.80 Å². The Bertz CT molecular complexity index is 1130. The number of hydrogen-bond donors (Lipinski definition) is 1. The number of aromatic hydroxyl groups is 1. The van der Waals surface area contributed by atoms with Crippen LogP contribution in [-0.4, -0.2) is 36.3 Å². The second kappa shape index (κ2) is 9.83. The lowest BCUT2D eigenvalue weighted by Gasteiger charge is -2.17. The third kappa shape index (κ3) is 4.82. The molecular formula is C24H27N3O3S. The van der Waals surface area contributed by atoms with E-state index in [4.69, 9.17) is 19.6 Å². The number of para-hydroxylation sites is 1. The Morgan fingerprint density at radius 2 is 1.81 bits per heavy atom. The monoisotopic (exact) mass is 437 g/mol. The van der Waals surface area contributed by atoms with Gasteiger partial charge in [-0.1, -0.05) is 31.4 Å². The van der Waals surface area contributed by atoms with Crippen LogP contribution >= 0.6 is 11.3 Å². The number of rotatable bonds is 6. The highest BCUT2D eigenvalue weighted by atomic mass is 32.1. The Balaban J connectivity index is 1.79. The number of phenols is 1.